The second kappa shape index (κ2) is 13.0. The zero-order valence-electron chi connectivity index (χ0n) is 21.4. The number of hydrogen-bond donors (Lipinski definition) is 3. The van der Waals surface area contributed by atoms with Crippen LogP contribution in [0.5, 0.6) is 5.75 Å². The maximum Gasteiger partial charge on any atom is 0.326 e. The predicted octanol–water partition coefficient (Wildman–Crippen LogP) is 5.14. The molecule has 3 rings (SSSR count). The average molecular weight is 626 g/mol. The normalized spacial score (nSPS) is 14.0. The molecule has 0 saturated heterocycles. The maximum atomic E-state index is 13.5. The minimum Gasteiger partial charge on any atom is -0.508 e. The van der Waals surface area contributed by atoms with E-state index in [9.17, 15) is 32.8 Å². The average Bonchev–Trinajstić information content (AvgIpc) is 2.86. The summed E-state index contributed by atoms with van der Waals surface area (Å²) in [5.41, 5.74) is 0.607. The van der Waals surface area contributed by atoms with Gasteiger partial charge < -0.3 is 20.1 Å². The Hall–Kier alpha value is -3.14. The molecular weight excluding hydrogens is 600 g/mol. The molecule has 9 nitrogen and oxygen atoms in total. The van der Waals surface area contributed by atoms with Gasteiger partial charge in [-0.15, -0.1) is 0 Å². The van der Waals surface area contributed by atoms with Crippen LogP contribution in [0.4, 0.5) is 0 Å². The first-order valence-electron chi connectivity index (χ1n) is 11.8. The number of amides is 1. The highest BCUT2D eigenvalue weighted by Gasteiger charge is 2.26. The number of carboxylic acids is 1. The molecule has 13 heteroatoms. The Labute approximate surface area is 241 Å². The molecule has 3 aromatic carbocycles. The molecule has 1 amide bonds. The summed E-state index contributed by atoms with van der Waals surface area (Å²) in [5, 5.41) is 21.9. The number of aliphatic carboxylic acids is 1. The standard InChI is InChI=1S/C27H26Cl2NO8PS/c1-3-38-39(35,20-8-5-7-19(31)16-20)11-10-18-13-22(28)25(23(29)14-18)26(32)30-24(27(33)34)15-17-6-4-9-21(12-17)40(2,36)37/h4-14,16,24,31H,3,15H2,1-2H3,(H,30,32)(H,33,34)/b11-10+/t24-,39?/m0/s1. The number of nitrogens with one attached hydrogen (secondary N) is 1. The number of phenols is 1. The first kappa shape index (κ1) is 31.4. The highest BCUT2D eigenvalue weighted by atomic mass is 35.5. The molecule has 3 N–H and O–H groups in total. The van der Waals surface area contributed by atoms with Crippen molar-refractivity contribution in [3.63, 3.8) is 0 Å². The molecule has 1 unspecified atom stereocenters. The minimum atomic E-state index is -3.51. The summed E-state index contributed by atoms with van der Waals surface area (Å²) in [4.78, 5) is 24.9. The highest BCUT2D eigenvalue weighted by molar-refractivity contribution is 7.90. The van der Waals surface area contributed by atoms with Crippen molar-refractivity contribution in [3.8, 4) is 5.75 Å². The van der Waals surface area contributed by atoms with Crippen LogP contribution < -0.4 is 10.6 Å². The van der Waals surface area contributed by atoms with Gasteiger partial charge in [-0.25, -0.2) is 13.2 Å². The number of sulfone groups is 1. The summed E-state index contributed by atoms with van der Waals surface area (Å²) < 4.78 is 42.6. The number of aromatic hydroxyl groups is 1. The van der Waals surface area contributed by atoms with Gasteiger partial charge in [0.25, 0.3) is 13.3 Å². The van der Waals surface area contributed by atoms with Crippen LogP contribution in [-0.4, -0.2) is 49.4 Å². The second-order valence-electron chi connectivity index (χ2n) is 8.70. The van der Waals surface area contributed by atoms with E-state index in [2.05, 4.69) is 5.32 Å². The van der Waals surface area contributed by atoms with Gasteiger partial charge in [-0.2, -0.15) is 0 Å². The third-order valence-electron chi connectivity index (χ3n) is 5.64. The van der Waals surface area contributed by atoms with Crippen molar-refractivity contribution < 1.29 is 37.3 Å². The lowest BCUT2D eigenvalue weighted by Gasteiger charge is -2.17. The quantitative estimate of drug-likeness (QED) is 0.248. The summed E-state index contributed by atoms with van der Waals surface area (Å²) in [6, 6.07) is 13.0. The number of hydrogen-bond acceptors (Lipinski definition) is 7. The fourth-order valence-corrected chi connectivity index (χ4v) is 6.87. The number of carbonyl (C=O) groups excluding carboxylic acids is 1. The van der Waals surface area contributed by atoms with Crippen molar-refractivity contribution in [3.05, 3.63) is 93.2 Å². The molecule has 0 aliphatic carbocycles. The van der Waals surface area contributed by atoms with E-state index in [0.29, 0.717) is 11.1 Å². The van der Waals surface area contributed by atoms with Gasteiger partial charge in [-0.05, 0) is 66.6 Å². The van der Waals surface area contributed by atoms with E-state index in [1.54, 1.807) is 19.1 Å². The topological polar surface area (TPSA) is 147 Å². The summed E-state index contributed by atoms with van der Waals surface area (Å²) in [6.45, 7) is 1.82. The van der Waals surface area contributed by atoms with E-state index >= 15 is 0 Å². The first-order chi connectivity index (χ1) is 18.7. The molecule has 3 aromatic rings. The van der Waals surface area contributed by atoms with Crippen LogP contribution in [0.2, 0.25) is 10.0 Å². The van der Waals surface area contributed by atoms with Crippen LogP contribution in [0.15, 0.2) is 71.4 Å². The Kier molecular flexibility index (Phi) is 10.2. The molecule has 0 spiro atoms. The summed E-state index contributed by atoms with van der Waals surface area (Å²) >= 11 is 12.7. The lowest BCUT2D eigenvalue weighted by Crippen LogP contribution is -2.42. The Morgan fingerprint density at radius 2 is 1.73 bits per heavy atom. The fourth-order valence-electron chi connectivity index (χ4n) is 3.74. The van der Waals surface area contributed by atoms with Gasteiger partial charge in [0.2, 0.25) is 0 Å². The third-order valence-corrected chi connectivity index (χ3v) is 9.52. The second-order valence-corrected chi connectivity index (χ2v) is 13.8. The van der Waals surface area contributed by atoms with Crippen LogP contribution in [0.1, 0.15) is 28.4 Å². The monoisotopic (exact) mass is 625 g/mol. The SMILES string of the molecule is CCOP(=O)(/C=C/c1cc(Cl)c(C(=O)N[C@@H](Cc2cccc(S(C)(=O)=O)c2)C(=O)O)c(Cl)c1)c1cccc(O)c1. The van der Waals surface area contributed by atoms with Crippen molar-refractivity contribution in [1.29, 1.82) is 0 Å². The van der Waals surface area contributed by atoms with Crippen LogP contribution in [0.3, 0.4) is 0 Å². The van der Waals surface area contributed by atoms with Gasteiger partial charge in [0, 0.05) is 23.8 Å². The number of halogens is 2. The van der Waals surface area contributed by atoms with E-state index in [4.69, 9.17) is 27.7 Å². The molecule has 0 fully saturated rings. The Bertz CT molecular complexity index is 1600. The van der Waals surface area contributed by atoms with E-state index in [1.165, 1.54) is 60.4 Å². The fraction of sp³-hybridized carbons (Fsp3) is 0.185. The Balaban J connectivity index is 1.85. The number of carboxylic acid groups (broad SMARTS) is 1. The Morgan fingerprint density at radius 3 is 2.30 bits per heavy atom. The number of carbonyl (C=O) groups is 2. The van der Waals surface area contributed by atoms with Gasteiger partial charge >= 0.3 is 5.97 Å². The summed E-state index contributed by atoms with van der Waals surface area (Å²) in [7, 11) is -7.02. The van der Waals surface area contributed by atoms with E-state index in [1.807, 2.05) is 0 Å². The molecule has 0 bridgehead atoms. The predicted molar refractivity (Wildman–Crippen MR) is 155 cm³/mol. The maximum absolute atomic E-state index is 13.5. The van der Waals surface area contributed by atoms with Crippen LogP contribution >= 0.6 is 30.6 Å². The highest BCUT2D eigenvalue weighted by Crippen LogP contribution is 2.48. The van der Waals surface area contributed by atoms with E-state index in [0.717, 1.165) is 6.26 Å². The van der Waals surface area contributed by atoms with Crippen molar-refractivity contribution >= 4 is 63.7 Å². The molecule has 0 aromatic heterocycles. The largest absolute Gasteiger partial charge is 0.508 e. The first-order valence-corrected chi connectivity index (χ1v) is 16.1. The molecule has 0 saturated carbocycles. The van der Waals surface area contributed by atoms with E-state index in [-0.39, 0.29) is 44.6 Å². The van der Waals surface area contributed by atoms with Gasteiger partial charge in [0.15, 0.2) is 9.84 Å². The lowest BCUT2D eigenvalue weighted by atomic mass is 10.0. The van der Waals surface area contributed by atoms with Gasteiger partial charge in [0.1, 0.15) is 11.8 Å². The molecule has 0 aliphatic heterocycles. The van der Waals surface area contributed by atoms with Crippen molar-refractivity contribution in [2.24, 2.45) is 0 Å². The molecule has 0 aliphatic rings. The van der Waals surface area contributed by atoms with Gasteiger partial charge in [0.05, 0.1) is 27.1 Å². The number of phenolic OH excluding ortho intramolecular Hbond substituents is 1. The number of benzene rings is 3. The zero-order chi connectivity index (χ0) is 29.7. The Morgan fingerprint density at radius 1 is 1.07 bits per heavy atom. The summed E-state index contributed by atoms with van der Waals surface area (Å²) in [6.07, 6.45) is 2.30. The molecule has 40 heavy (non-hydrogen) atoms. The molecule has 212 valence electrons. The third kappa shape index (κ3) is 7.96. The van der Waals surface area contributed by atoms with Gasteiger partial charge in [-0.3, -0.25) is 9.36 Å². The molecule has 0 heterocycles. The minimum absolute atomic E-state index is 0.0214. The van der Waals surface area contributed by atoms with Crippen LogP contribution in [0.25, 0.3) is 6.08 Å². The molecular formula is C27H26Cl2NO8PS. The number of rotatable bonds is 11. The smallest absolute Gasteiger partial charge is 0.326 e. The zero-order valence-corrected chi connectivity index (χ0v) is 24.6. The van der Waals surface area contributed by atoms with E-state index < -0.39 is 35.1 Å². The van der Waals surface area contributed by atoms with Gasteiger partial charge in [-0.1, -0.05) is 41.4 Å². The molecule has 2 atom stereocenters. The van der Waals surface area contributed by atoms with Crippen molar-refractivity contribution in [1.82, 2.24) is 5.32 Å². The van der Waals surface area contributed by atoms with Crippen molar-refractivity contribution in [2.75, 3.05) is 12.9 Å². The lowest BCUT2D eigenvalue weighted by molar-refractivity contribution is -0.139. The van der Waals surface area contributed by atoms with Crippen LogP contribution in [0, 0.1) is 0 Å². The van der Waals surface area contributed by atoms with Crippen LogP contribution in [-0.2, 0) is 30.1 Å². The molecule has 0 radical (unpaired) electrons. The summed E-state index contributed by atoms with van der Waals surface area (Å²) in [5.74, 6) is -0.937. The van der Waals surface area contributed by atoms with Crippen molar-refractivity contribution in [2.45, 2.75) is 24.3 Å².